The van der Waals surface area contributed by atoms with E-state index in [0.717, 1.165) is 10.9 Å². The summed E-state index contributed by atoms with van der Waals surface area (Å²) in [5, 5.41) is 3.59. The molecular weight excluding hydrogens is 230 g/mol. The molecule has 0 aliphatic heterocycles. The van der Waals surface area contributed by atoms with Crippen molar-refractivity contribution in [3.63, 3.8) is 0 Å². The number of amides is 1. The van der Waals surface area contributed by atoms with Crippen LogP contribution in [-0.4, -0.2) is 11.2 Å². The van der Waals surface area contributed by atoms with Gasteiger partial charge in [0.25, 0.3) is 0 Å². The SMILES string of the molecule is CC(=O)N[C@@H](CBr)c1ccccc1. The van der Waals surface area contributed by atoms with Gasteiger partial charge in [0.05, 0.1) is 6.04 Å². The average molecular weight is 242 g/mol. The molecule has 0 saturated heterocycles. The molecule has 0 fully saturated rings. The minimum absolute atomic E-state index is 0.00620. The standard InChI is InChI=1S/C10H12BrNO/c1-8(13)12-10(7-11)9-5-3-2-4-6-9/h2-6,10H,7H2,1H3,(H,12,13)/t10-/m0/s1. The van der Waals surface area contributed by atoms with E-state index in [9.17, 15) is 4.79 Å². The molecule has 0 unspecified atom stereocenters. The van der Waals surface area contributed by atoms with Crippen LogP contribution in [0, 0.1) is 0 Å². The number of benzene rings is 1. The molecule has 0 aliphatic rings. The topological polar surface area (TPSA) is 29.1 Å². The molecule has 1 aromatic carbocycles. The highest BCUT2D eigenvalue weighted by molar-refractivity contribution is 9.09. The van der Waals surface area contributed by atoms with Crippen molar-refractivity contribution >= 4 is 21.8 Å². The van der Waals surface area contributed by atoms with Gasteiger partial charge in [-0.05, 0) is 5.56 Å². The summed E-state index contributed by atoms with van der Waals surface area (Å²) in [5.41, 5.74) is 1.12. The lowest BCUT2D eigenvalue weighted by atomic mass is 10.1. The highest BCUT2D eigenvalue weighted by Crippen LogP contribution is 2.14. The number of hydrogen-bond donors (Lipinski definition) is 1. The lowest BCUT2D eigenvalue weighted by Crippen LogP contribution is -2.26. The zero-order valence-corrected chi connectivity index (χ0v) is 9.04. The molecule has 1 aromatic rings. The van der Waals surface area contributed by atoms with Gasteiger partial charge in [0.15, 0.2) is 0 Å². The Kier molecular flexibility index (Phi) is 3.96. The largest absolute Gasteiger partial charge is 0.349 e. The number of hydrogen-bond acceptors (Lipinski definition) is 1. The summed E-state index contributed by atoms with van der Waals surface area (Å²) in [6, 6.07) is 9.96. The van der Waals surface area contributed by atoms with Gasteiger partial charge in [0.1, 0.15) is 0 Å². The predicted octanol–water partition coefficient (Wildman–Crippen LogP) is 2.26. The second-order valence-corrected chi connectivity index (χ2v) is 3.47. The van der Waals surface area contributed by atoms with Crippen LogP contribution in [0.1, 0.15) is 18.5 Å². The lowest BCUT2D eigenvalue weighted by molar-refractivity contribution is -0.119. The molecule has 0 heterocycles. The maximum Gasteiger partial charge on any atom is 0.217 e. The maximum absolute atomic E-state index is 10.9. The first-order valence-corrected chi connectivity index (χ1v) is 5.24. The van der Waals surface area contributed by atoms with E-state index in [-0.39, 0.29) is 11.9 Å². The van der Waals surface area contributed by atoms with Gasteiger partial charge in [-0.15, -0.1) is 0 Å². The van der Waals surface area contributed by atoms with E-state index in [1.165, 1.54) is 6.92 Å². The summed E-state index contributed by atoms with van der Waals surface area (Å²) in [6.07, 6.45) is 0. The lowest BCUT2D eigenvalue weighted by Gasteiger charge is -2.14. The van der Waals surface area contributed by atoms with Gasteiger partial charge in [0.2, 0.25) is 5.91 Å². The number of rotatable bonds is 3. The van der Waals surface area contributed by atoms with Gasteiger partial charge >= 0.3 is 0 Å². The fourth-order valence-corrected chi connectivity index (χ4v) is 1.68. The van der Waals surface area contributed by atoms with Crippen LogP contribution >= 0.6 is 15.9 Å². The fourth-order valence-electron chi connectivity index (χ4n) is 1.14. The Morgan fingerprint density at radius 2 is 2.08 bits per heavy atom. The molecule has 1 N–H and O–H groups in total. The van der Waals surface area contributed by atoms with Crippen molar-refractivity contribution < 1.29 is 4.79 Å². The Balaban J connectivity index is 2.73. The Bertz CT molecular complexity index is 274. The molecule has 13 heavy (non-hydrogen) atoms. The van der Waals surface area contributed by atoms with E-state index in [2.05, 4.69) is 21.2 Å². The van der Waals surface area contributed by atoms with Crippen LogP contribution in [0.15, 0.2) is 30.3 Å². The van der Waals surface area contributed by atoms with Crippen LogP contribution < -0.4 is 5.32 Å². The van der Waals surface area contributed by atoms with Crippen molar-refractivity contribution in [3.05, 3.63) is 35.9 Å². The fraction of sp³-hybridized carbons (Fsp3) is 0.300. The Morgan fingerprint density at radius 1 is 1.46 bits per heavy atom. The van der Waals surface area contributed by atoms with Crippen molar-refractivity contribution in [2.45, 2.75) is 13.0 Å². The Morgan fingerprint density at radius 3 is 2.54 bits per heavy atom. The van der Waals surface area contributed by atoms with Gasteiger partial charge in [-0.3, -0.25) is 4.79 Å². The van der Waals surface area contributed by atoms with E-state index in [1.54, 1.807) is 0 Å². The predicted molar refractivity (Wildman–Crippen MR) is 56.8 cm³/mol. The van der Waals surface area contributed by atoms with E-state index in [1.807, 2.05) is 30.3 Å². The molecule has 0 saturated carbocycles. The number of carbonyl (C=O) groups excluding carboxylic acids is 1. The summed E-state index contributed by atoms with van der Waals surface area (Å²) in [5.74, 6) is -0.00620. The summed E-state index contributed by atoms with van der Waals surface area (Å²) >= 11 is 3.37. The monoisotopic (exact) mass is 241 g/mol. The molecule has 0 bridgehead atoms. The third kappa shape index (κ3) is 3.19. The van der Waals surface area contributed by atoms with Crippen molar-refractivity contribution in [2.24, 2.45) is 0 Å². The molecule has 3 heteroatoms. The van der Waals surface area contributed by atoms with E-state index < -0.39 is 0 Å². The van der Waals surface area contributed by atoms with Crippen LogP contribution in [0.5, 0.6) is 0 Å². The first-order valence-electron chi connectivity index (χ1n) is 4.12. The van der Waals surface area contributed by atoms with Gasteiger partial charge in [-0.2, -0.15) is 0 Å². The number of nitrogens with one attached hydrogen (secondary N) is 1. The first kappa shape index (κ1) is 10.3. The Labute approximate surface area is 86.5 Å². The van der Waals surface area contributed by atoms with E-state index in [0.29, 0.717) is 0 Å². The molecule has 70 valence electrons. The molecule has 0 aliphatic carbocycles. The van der Waals surface area contributed by atoms with Gasteiger partial charge in [-0.1, -0.05) is 46.3 Å². The molecule has 0 radical (unpaired) electrons. The van der Waals surface area contributed by atoms with Crippen LogP contribution in [0.25, 0.3) is 0 Å². The molecule has 1 rings (SSSR count). The third-order valence-corrected chi connectivity index (χ3v) is 2.38. The molecule has 1 amide bonds. The summed E-state index contributed by atoms with van der Waals surface area (Å²) in [4.78, 5) is 10.9. The number of halogens is 1. The summed E-state index contributed by atoms with van der Waals surface area (Å²) in [6.45, 7) is 1.53. The van der Waals surface area contributed by atoms with Crippen molar-refractivity contribution in [2.75, 3.05) is 5.33 Å². The summed E-state index contributed by atoms with van der Waals surface area (Å²) < 4.78 is 0. The second kappa shape index (κ2) is 5.02. The smallest absolute Gasteiger partial charge is 0.217 e. The molecule has 0 aromatic heterocycles. The Hall–Kier alpha value is -0.830. The quantitative estimate of drug-likeness (QED) is 0.809. The zero-order chi connectivity index (χ0) is 9.68. The number of carbonyl (C=O) groups is 1. The van der Waals surface area contributed by atoms with Crippen molar-refractivity contribution in [1.82, 2.24) is 5.32 Å². The normalized spacial score (nSPS) is 12.2. The maximum atomic E-state index is 10.9. The zero-order valence-electron chi connectivity index (χ0n) is 7.46. The minimum atomic E-state index is -0.00620. The van der Waals surface area contributed by atoms with Gasteiger partial charge in [0, 0.05) is 12.3 Å². The minimum Gasteiger partial charge on any atom is -0.349 e. The van der Waals surface area contributed by atoms with E-state index >= 15 is 0 Å². The molecular formula is C10H12BrNO. The van der Waals surface area contributed by atoms with E-state index in [4.69, 9.17) is 0 Å². The molecule has 1 atom stereocenters. The second-order valence-electron chi connectivity index (χ2n) is 2.82. The number of alkyl halides is 1. The highest BCUT2D eigenvalue weighted by Gasteiger charge is 2.09. The van der Waals surface area contributed by atoms with Crippen LogP contribution in [0.2, 0.25) is 0 Å². The van der Waals surface area contributed by atoms with Crippen LogP contribution in [0.4, 0.5) is 0 Å². The highest BCUT2D eigenvalue weighted by atomic mass is 79.9. The van der Waals surface area contributed by atoms with Crippen molar-refractivity contribution in [1.29, 1.82) is 0 Å². The van der Waals surface area contributed by atoms with Crippen molar-refractivity contribution in [3.8, 4) is 0 Å². The van der Waals surface area contributed by atoms with Gasteiger partial charge in [-0.25, -0.2) is 0 Å². The third-order valence-electron chi connectivity index (χ3n) is 1.73. The first-order chi connectivity index (χ1) is 6.24. The van der Waals surface area contributed by atoms with Crippen LogP contribution in [0.3, 0.4) is 0 Å². The molecule has 2 nitrogen and oxygen atoms in total. The average Bonchev–Trinajstić information content (AvgIpc) is 2.15. The van der Waals surface area contributed by atoms with Gasteiger partial charge < -0.3 is 5.32 Å². The summed E-state index contributed by atoms with van der Waals surface area (Å²) in [7, 11) is 0. The molecule has 0 spiro atoms. The van der Waals surface area contributed by atoms with Crippen LogP contribution in [-0.2, 0) is 4.79 Å².